The molecule has 1 fully saturated rings. The Morgan fingerprint density at radius 2 is 1.86 bits per heavy atom. The molecular weight excluding hydrogens is 480 g/mol. The maximum Gasteiger partial charge on any atom is 0.267 e. The molecule has 5 rings (SSSR count). The molecule has 1 aromatic carbocycles. The lowest BCUT2D eigenvalue weighted by molar-refractivity contribution is -0.122. The summed E-state index contributed by atoms with van der Waals surface area (Å²) in [5, 5.41) is 3.19. The summed E-state index contributed by atoms with van der Waals surface area (Å²) in [4.78, 5) is 33.4. The zero-order valence-corrected chi connectivity index (χ0v) is 20.8. The number of furan rings is 1. The molecule has 1 saturated heterocycles. The number of aryl methyl sites for hydroxylation is 2. The van der Waals surface area contributed by atoms with Gasteiger partial charge in [-0.05, 0) is 49.2 Å². The Kier molecular flexibility index (Phi) is 6.27. The molecule has 0 radical (unpaired) electrons. The first kappa shape index (κ1) is 23.1. The Morgan fingerprint density at radius 1 is 1.09 bits per heavy atom. The average molecular weight is 503 g/mol. The van der Waals surface area contributed by atoms with Crippen LogP contribution in [0.15, 0.2) is 75.1 Å². The molecule has 176 valence electrons. The van der Waals surface area contributed by atoms with Gasteiger partial charge < -0.3 is 9.73 Å². The van der Waals surface area contributed by atoms with Crippen LogP contribution in [0.1, 0.15) is 28.0 Å². The number of nitrogens with one attached hydrogen (secondary N) is 1. The standard InChI is InChI=1S/C26H22N4O3S2/c1-16-5-8-18(9-6-16)15-30-25(32)21(35-26(30)34)12-20-23(27-13-19-4-3-11-33-19)28-22-10-7-17(2)14-29(22)24(20)31/h3-12,14,27H,13,15H2,1-2H3/b21-12-. The van der Waals surface area contributed by atoms with Crippen molar-refractivity contribution in [3.8, 4) is 0 Å². The summed E-state index contributed by atoms with van der Waals surface area (Å²) in [6.45, 7) is 4.64. The maximum atomic E-state index is 13.5. The number of thiocarbonyl (C=S) groups is 1. The van der Waals surface area contributed by atoms with E-state index in [9.17, 15) is 9.59 Å². The van der Waals surface area contributed by atoms with Crippen LogP contribution in [0, 0.1) is 13.8 Å². The first-order chi connectivity index (χ1) is 16.9. The van der Waals surface area contributed by atoms with Crippen molar-refractivity contribution in [3.05, 3.63) is 104 Å². The van der Waals surface area contributed by atoms with E-state index in [0.29, 0.717) is 39.5 Å². The molecule has 4 heterocycles. The quantitative estimate of drug-likeness (QED) is 0.296. The Balaban J connectivity index is 1.52. The van der Waals surface area contributed by atoms with Gasteiger partial charge in [0.05, 0.1) is 29.8 Å². The third-order valence-electron chi connectivity index (χ3n) is 5.63. The Morgan fingerprint density at radius 3 is 2.60 bits per heavy atom. The van der Waals surface area contributed by atoms with Crippen molar-refractivity contribution in [3.63, 3.8) is 0 Å². The lowest BCUT2D eigenvalue weighted by Crippen LogP contribution is -2.27. The van der Waals surface area contributed by atoms with Crippen LogP contribution in [0.5, 0.6) is 0 Å². The van der Waals surface area contributed by atoms with E-state index in [2.05, 4.69) is 10.3 Å². The molecule has 0 bridgehead atoms. The Labute approximate surface area is 211 Å². The summed E-state index contributed by atoms with van der Waals surface area (Å²) >= 11 is 6.69. The largest absolute Gasteiger partial charge is 0.467 e. The fourth-order valence-corrected chi connectivity index (χ4v) is 4.99. The van der Waals surface area contributed by atoms with Gasteiger partial charge in [0.2, 0.25) is 0 Å². The van der Waals surface area contributed by atoms with Gasteiger partial charge >= 0.3 is 0 Å². The number of nitrogens with zero attached hydrogens (tertiary/aromatic N) is 3. The second kappa shape index (κ2) is 9.52. The van der Waals surface area contributed by atoms with E-state index in [1.165, 1.54) is 16.2 Å². The topological polar surface area (TPSA) is 79.8 Å². The minimum Gasteiger partial charge on any atom is -0.467 e. The molecule has 4 aromatic rings. The molecule has 0 aliphatic carbocycles. The molecule has 35 heavy (non-hydrogen) atoms. The van der Waals surface area contributed by atoms with Crippen LogP contribution in [0.4, 0.5) is 5.82 Å². The zero-order chi connectivity index (χ0) is 24.5. The van der Waals surface area contributed by atoms with Crippen LogP contribution in [0.25, 0.3) is 11.7 Å². The fraction of sp³-hybridized carbons (Fsp3) is 0.154. The first-order valence-electron chi connectivity index (χ1n) is 11.0. The Bertz CT molecular complexity index is 1520. The minimum absolute atomic E-state index is 0.230. The van der Waals surface area contributed by atoms with Gasteiger partial charge in [0.15, 0.2) is 0 Å². The highest BCUT2D eigenvalue weighted by molar-refractivity contribution is 8.26. The first-order valence-corrected chi connectivity index (χ1v) is 12.2. The number of hydrogen-bond donors (Lipinski definition) is 1. The summed E-state index contributed by atoms with van der Waals surface area (Å²) in [6, 6.07) is 15.3. The Hall–Kier alpha value is -3.69. The molecule has 7 nitrogen and oxygen atoms in total. The number of hydrogen-bond acceptors (Lipinski definition) is 7. The molecular formula is C26H22N4O3S2. The predicted molar refractivity (Wildman–Crippen MR) is 142 cm³/mol. The highest BCUT2D eigenvalue weighted by atomic mass is 32.2. The minimum atomic E-state index is -0.274. The number of pyridine rings is 1. The van der Waals surface area contributed by atoms with E-state index in [-0.39, 0.29) is 17.0 Å². The van der Waals surface area contributed by atoms with Crippen LogP contribution in [0.3, 0.4) is 0 Å². The van der Waals surface area contributed by atoms with Crippen molar-refractivity contribution < 1.29 is 9.21 Å². The van der Waals surface area contributed by atoms with Crippen molar-refractivity contribution in [2.24, 2.45) is 0 Å². The number of anilines is 1. The molecule has 9 heteroatoms. The second-order valence-corrected chi connectivity index (χ2v) is 9.98. The van der Waals surface area contributed by atoms with Gasteiger partial charge in [-0.2, -0.15) is 0 Å². The van der Waals surface area contributed by atoms with Crippen LogP contribution in [-0.4, -0.2) is 24.5 Å². The molecule has 0 atom stereocenters. The summed E-state index contributed by atoms with van der Waals surface area (Å²) in [5.74, 6) is 0.844. The predicted octanol–water partition coefficient (Wildman–Crippen LogP) is 4.92. The van der Waals surface area contributed by atoms with E-state index >= 15 is 0 Å². The van der Waals surface area contributed by atoms with Crippen LogP contribution in [0.2, 0.25) is 0 Å². The summed E-state index contributed by atoms with van der Waals surface area (Å²) in [6.07, 6.45) is 4.91. The number of rotatable bonds is 6. The van der Waals surface area contributed by atoms with E-state index in [1.54, 1.807) is 35.6 Å². The molecule has 1 aliphatic heterocycles. The van der Waals surface area contributed by atoms with Gasteiger partial charge in [-0.1, -0.05) is 59.9 Å². The van der Waals surface area contributed by atoms with E-state index < -0.39 is 0 Å². The summed E-state index contributed by atoms with van der Waals surface area (Å²) in [5.41, 5.74) is 3.57. The summed E-state index contributed by atoms with van der Waals surface area (Å²) in [7, 11) is 0. The average Bonchev–Trinajstić information content (AvgIpc) is 3.45. The van der Waals surface area contributed by atoms with Crippen LogP contribution >= 0.6 is 24.0 Å². The number of aromatic nitrogens is 2. The van der Waals surface area contributed by atoms with Crippen LogP contribution < -0.4 is 10.9 Å². The van der Waals surface area contributed by atoms with Crippen molar-refractivity contribution >= 4 is 51.7 Å². The van der Waals surface area contributed by atoms with Crippen molar-refractivity contribution in [2.45, 2.75) is 26.9 Å². The van der Waals surface area contributed by atoms with Gasteiger partial charge in [-0.3, -0.25) is 18.9 Å². The molecule has 1 amide bonds. The number of carbonyl (C=O) groups is 1. The molecule has 1 N–H and O–H groups in total. The van der Waals surface area contributed by atoms with Gasteiger partial charge in [-0.25, -0.2) is 4.98 Å². The third kappa shape index (κ3) is 4.78. The summed E-state index contributed by atoms with van der Waals surface area (Å²) < 4.78 is 7.35. The van der Waals surface area contributed by atoms with Crippen molar-refractivity contribution in [1.29, 1.82) is 0 Å². The smallest absolute Gasteiger partial charge is 0.267 e. The highest BCUT2D eigenvalue weighted by Gasteiger charge is 2.32. The van der Waals surface area contributed by atoms with Crippen molar-refractivity contribution in [1.82, 2.24) is 14.3 Å². The van der Waals surface area contributed by atoms with Gasteiger partial charge in [0, 0.05) is 6.20 Å². The van der Waals surface area contributed by atoms with E-state index in [1.807, 2.05) is 50.2 Å². The van der Waals surface area contributed by atoms with Gasteiger partial charge in [0.25, 0.3) is 11.5 Å². The molecule has 0 saturated carbocycles. The SMILES string of the molecule is Cc1ccc(CN2C(=O)/C(=C/c3c(NCc4ccco4)nc4ccc(C)cn4c3=O)SC2=S)cc1. The molecule has 0 unspecified atom stereocenters. The number of thioether (sulfide) groups is 1. The van der Waals surface area contributed by atoms with Crippen LogP contribution in [-0.2, 0) is 17.9 Å². The van der Waals surface area contributed by atoms with E-state index in [4.69, 9.17) is 16.6 Å². The third-order valence-corrected chi connectivity index (χ3v) is 7.00. The number of benzene rings is 1. The lowest BCUT2D eigenvalue weighted by Gasteiger charge is -2.14. The second-order valence-electron chi connectivity index (χ2n) is 8.30. The molecule has 1 aliphatic rings. The maximum absolute atomic E-state index is 13.5. The van der Waals surface area contributed by atoms with Crippen molar-refractivity contribution in [2.75, 3.05) is 5.32 Å². The number of amides is 1. The highest BCUT2D eigenvalue weighted by Crippen LogP contribution is 2.34. The van der Waals surface area contributed by atoms with E-state index in [0.717, 1.165) is 16.7 Å². The van der Waals surface area contributed by atoms with Gasteiger partial charge in [-0.15, -0.1) is 0 Å². The lowest BCUT2D eigenvalue weighted by atomic mass is 10.1. The van der Waals surface area contributed by atoms with Gasteiger partial charge in [0.1, 0.15) is 21.5 Å². The molecule has 0 spiro atoms. The fourth-order valence-electron chi connectivity index (χ4n) is 3.75. The number of fused-ring (bicyclic) bond motifs is 1. The number of carbonyl (C=O) groups excluding carboxylic acids is 1. The zero-order valence-electron chi connectivity index (χ0n) is 19.1. The molecule has 3 aromatic heterocycles. The monoisotopic (exact) mass is 502 g/mol. The normalized spacial score (nSPS) is 14.9.